The van der Waals surface area contributed by atoms with Crippen LogP contribution < -0.4 is 10.2 Å². The van der Waals surface area contributed by atoms with Crippen molar-refractivity contribution in [2.75, 3.05) is 36.4 Å². The van der Waals surface area contributed by atoms with E-state index in [2.05, 4.69) is 64.3 Å². The zero-order valence-corrected chi connectivity index (χ0v) is 15.9. The summed E-state index contributed by atoms with van der Waals surface area (Å²) < 4.78 is 5.53. The van der Waals surface area contributed by atoms with Gasteiger partial charge in [-0.05, 0) is 51.5 Å². The van der Waals surface area contributed by atoms with Gasteiger partial charge in [-0.25, -0.2) is 0 Å². The normalized spacial score (nSPS) is 17.1. The quantitative estimate of drug-likeness (QED) is 0.898. The van der Waals surface area contributed by atoms with Crippen LogP contribution in [-0.2, 0) is 0 Å². The Bertz CT molecular complexity index is 704. The van der Waals surface area contributed by atoms with Gasteiger partial charge in [0.1, 0.15) is 6.04 Å². The van der Waals surface area contributed by atoms with Crippen molar-refractivity contribution in [3.63, 3.8) is 0 Å². The van der Waals surface area contributed by atoms with Gasteiger partial charge in [-0.2, -0.15) is 0 Å². The van der Waals surface area contributed by atoms with Crippen LogP contribution in [0.4, 0.5) is 11.4 Å². The first-order valence-corrected chi connectivity index (χ1v) is 9.09. The molecule has 0 bridgehead atoms. The summed E-state index contributed by atoms with van der Waals surface area (Å²) in [7, 11) is 0. The van der Waals surface area contributed by atoms with E-state index in [-0.39, 0.29) is 6.04 Å². The van der Waals surface area contributed by atoms with E-state index in [1.165, 1.54) is 11.3 Å². The van der Waals surface area contributed by atoms with Crippen molar-refractivity contribution in [3.05, 3.63) is 35.5 Å². The van der Waals surface area contributed by atoms with Gasteiger partial charge in [-0.15, -0.1) is 10.2 Å². The van der Waals surface area contributed by atoms with E-state index < -0.39 is 0 Å². The molecular formula is C19H29N5O. The number of nitrogens with zero attached hydrogens (tertiary/aromatic N) is 4. The predicted octanol–water partition coefficient (Wildman–Crippen LogP) is 3.39. The van der Waals surface area contributed by atoms with Crippen LogP contribution in [0, 0.1) is 13.8 Å². The maximum atomic E-state index is 5.53. The Labute approximate surface area is 150 Å². The third-order valence-corrected chi connectivity index (χ3v) is 4.77. The summed E-state index contributed by atoms with van der Waals surface area (Å²) in [6, 6.07) is 7.24. The molecule has 0 aliphatic carbocycles. The van der Waals surface area contributed by atoms with Crippen molar-refractivity contribution in [1.29, 1.82) is 0 Å². The van der Waals surface area contributed by atoms with Crippen molar-refractivity contribution in [2.24, 2.45) is 0 Å². The van der Waals surface area contributed by atoms with Gasteiger partial charge in [-0.1, -0.05) is 0 Å². The summed E-state index contributed by atoms with van der Waals surface area (Å²) >= 11 is 0. The second-order valence-corrected chi connectivity index (χ2v) is 7.20. The number of hydrogen-bond acceptors (Lipinski definition) is 6. The Morgan fingerprint density at radius 1 is 1.00 bits per heavy atom. The topological polar surface area (TPSA) is 57.4 Å². The Morgan fingerprint density at radius 3 is 2.32 bits per heavy atom. The van der Waals surface area contributed by atoms with E-state index in [9.17, 15) is 0 Å². The zero-order valence-electron chi connectivity index (χ0n) is 15.9. The van der Waals surface area contributed by atoms with E-state index >= 15 is 0 Å². The molecule has 2 heterocycles. The fourth-order valence-electron chi connectivity index (χ4n) is 3.32. The predicted molar refractivity (Wildman–Crippen MR) is 101 cm³/mol. The average molecular weight is 343 g/mol. The number of hydrogen-bond donors (Lipinski definition) is 1. The Balaban J connectivity index is 1.70. The van der Waals surface area contributed by atoms with Gasteiger partial charge in [0.25, 0.3) is 0 Å². The second kappa shape index (κ2) is 7.44. The molecule has 0 amide bonds. The number of anilines is 2. The average Bonchev–Trinajstić information content (AvgIpc) is 3.01. The zero-order chi connectivity index (χ0) is 18.0. The lowest BCUT2D eigenvalue weighted by atomic mass is 10.1. The number of nitrogens with one attached hydrogen (secondary N) is 1. The van der Waals surface area contributed by atoms with Crippen molar-refractivity contribution in [1.82, 2.24) is 15.1 Å². The van der Waals surface area contributed by atoms with Crippen LogP contribution in [0.2, 0.25) is 0 Å². The Kier molecular flexibility index (Phi) is 5.27. The van der Waals surface area contributed by atoms with Crippen molar-refractivity contribution in [2.45, 2.75) is 46.7 Å². The van der Waals surface area contributed by atoms with E-state index in [0.717, 1.165) is 31.9 Å². The highest BCUT2D eigenvalue weighted by atomic mass is 16.4. The third kappa shape index (κ3) is 4.31. The molecule has 1 N–H and O–H groups in total. The molecule has 136 valence electrons. The molecule has 0 spiro atoms. The van der Waals surface area contributed by atoms with Gasteiger partial charge >= 0.3 is 0 Å². The van der Waals surface area contributed by atoms with E-state index in [1.807, 2.05) is 13.8 Å². The van der Waals surface area contributed by atoms with Gasteiger partial charge in [0.05, 0.1) is 0 Å². The van der Waals surface area contributed by atoms with Crippen molar-refractivity contribution < 1.29 is 4.42 Å². The first kappa shape index (κ1) is 17.7. The minimum Gasteiger partial charge on any atom is -0.423 e. The number of rotatable bonds is 5. The SMILES string of the molecule is Cc1cc(NC(C)c2nnc(C)o2)cc(N2CCN(C(C)C)CC2)c1. The van der Waals surface area contributed by atoms with Crippen LogP contribution in [0.25, 0.3) is 0 Å². The number of aryl methyl sites for hydroxylation is 2. The van der Waals surface area contributed by atoms with Crippen molar-refractivity contribution >= 4 is 11.4 Å². The number of piperazine rings is 1. The summed E-state index contributed by atoms with van der Waals surface area (Å²) in [5.74, 6) is 1.21. The molecule has 6 nitrogen and oxygen atoms in total. The summed E-state index contributed by atoms with van der Waals surface area (Å²) in [4.78, 5) is 5.00. The fourth-order valence-corrected chi connectivity index (χ4v) is 3.32. The largest absolute Gasteiger partial charge is 0.423 e. The highest BCUT2D eigenvalue weighted by Crippen LogP contribution is 2.26. The molecule has 6 heteroatoms. The van der Waals surface area contributed by atoms with E-state index in [1.54, 1.807) is 0 Å². The third-order valence-electron chi connectivity index (χ3n) is 4.77. The summed E-state index contributed by atoms with van der Waals surface area (Å²) in [6.45, 7) is 14.9. The highest BCUT2D eigenvalue weighted by Gasteiger charge is 2.20. The van der Waals surface area contributed by atoms with Crippen LogP contribution in [0.15, 0.2) is 22.6 Å². The molecule has 1 aromatic heterocycles. The maximum Gasteiger partial charge on any atom is 0.238 e. The van der Waals surface area contributed by atoms with Gasteiger partial charge < -0.3 is 14.6 Å². The first-order chi connectivity index (χ1) is 11.9. The fraction of sp³-hybridized carbons (Fsp3) is 0.579. The van der Waals surface area contributed by atoms with Gasteiger partial charge in [0, 0.05) is 50.5 Å². The molecule has 2 aromatic rings. The maximum absolute atomic E-state index is 5.53. The summed E-state index contributed by atoms with van der Waals surface area (Å²) in [5.41, 5.74) is 3.62. The molecule has 3 rings (SSSR count). The van der Waals surface area contributed by atoms with Crippen LogP contribution in [-0.4, -0.2) is 47.3 Å². The van der Waals surface area contributed by atoms with E-state index in [0.29, 0.717) is 17.8 Å². The van der Waals surface area contributed by atoms with E-state index in [4.69, 9.17) is 4.42 Å². The first-order valence-electron chi connectivity index (χ1n) is 9.09. The monoisotopic (exact) mass is 343 g/mol. The van der Waals surface area contributed by atoms with Crippen molar-refractivity contribution in [3.8, 4) is 0 Å². The molecular weight excluding hydrogens is 314 g/mol. The Morgan fingerprint density at radius 2 is 1.72 bits per heavy atom. The lowest BCUT2D eigenvalue weighted by Crippen LogP contribution is -2.48. The smallest absolute Gasteiger partial charge is 0.238 e. The van der Waals surface area contributed by atoms with Gasteiger partial charge in [0.2, 0.25) is 11.8 Å². The molecule has 1 saturated heterocycles. The molecule has 25 heavy (non-hydrogen) atoms. The van der Waals surface area contributed by atoms with Gasteiger partial charge in [0.15, 0.2) is 0 Å². The highest BCUT2D eigenvalue weighted by molar-refractivity contribution is 5.61. The molecule has 0 radical (unpaired) electrons. The van der Waals surface area contributed by atoms with Gasteiger partial charge in [-0.3, -0.25) is 4.90 Å². The number of aromatic nitrogens is 2. The molecule has 1 atom stereocenters. The minimum absolute atomic E-state index is 0.0198. The molecule has 1 fully saturated rings. The molecule has 1 aliphatic heterocycles. The van der Waals surface area contributed by atoms with Crippen LogP contribution in [0.1, 0.15) is 44.2 Å². The second-order valence-electron chi connectivity index (χ2n) is 7.20. The summed E-state index contributed by atoms with van der Waals surface area (Å²) in [5, 5.41) is 11.5. The minimum atomic E-state index is -0.0198. The molecule has 1 unspecified atom stereocenters. The van der Waals surface area contributed by atoms with Crippen LogP contribution in [0.5, 0.6) is 0 Å². The lowest BCUT2D eigenvalue weighted by Gasteiger charge is -2.38. The Hall–Kier alpha value is -2.08. The molecule has 1 aliphatic rings. The molecule has 0 saturated carbocycles. The van der Waals surface area contributed by atoms with Crippen LogP contribution in [0.3, 0.4) is 0 Å². The lowest BCUT2D eigenvalue weighted by molar-refractivity contribution is 0.209. The van der Waals surface area contributed by atoms with Crippen LogP contribution >= 0.6 is 0 Å². The number of benzene rings is 1. The summed E-state index contributed by atoms with van der Waals surface area (Å²) in [6.07, 6.45) is 0. The standard InChI is InChI=1S/C19H29N5O/c1-13(2)23-6-8-24(9-7-23)18-11-14(3)10-17(12-18)20-15(4)19-22-21-16(5)25-19/h10-13,15,20H,6-9H2,1-5H3. The molecule has 1 aromatic carbocycles.